The molecular weight excluding hydrogens is 260 g/mol. The molecule has 2 rings (SSSR count). The molecule has 0 spiro atoms. The van der Waals surface area contributed by atoms with Crippen molar-refractivity contribution in [3.05, 3.63) is 35.7 Å². The van der Waals surface area contributed by atoms with E-state index in [1.165, 1.54) is 12.1 Å². The summed E-state index contributed by atoms with van der Waals surface area (Å²) in [6.45, 7) is 4.47. The van der Waals surface area contributed by atoms with Gasteiger partial charge in [-0.05, 0) is 37.6 Å². The summed E-state index contributed by atoms with van der Waals surface area (Å²) in [5.74, 6) is -0.105. The van der Waals surface area contributed by atoms with Crippen LogP contribution in [0.25, 0.3) is 11.5 Å². The Morgan fingerprint density at radius 3 is 2.60 bits per heavy atom. The molecule has 0 aliphatic carbocycles. The third-order valence-electron chi connectivity index (χ3n) is 2.85. The first-order valence-corrected chi connectivity index (χ1v) is 6.44. The van der Waals surface area contributed by atoms with Gasteiger partial charge in [-0.1, -0.05) is 12.1 Å². The van der Waals surface area contributed by atoms with Gasteiger partial charge in [0.15, 0.2) is 0 Å². The van der Waals surface area contributed by atoms with Gasteiger partial charge in [-0.25, -0.2) is 4.79 Å². The van der Waals surface area contributed by atoms with Gasteiger partial charge in [-0.15, -0.1) is 0 Å². The van der Waals surface area contributed by atoms with Gasteiger partial charge in [0.2, 0.25) is 5.82 Å². The summed E-state index contributed by atoms with van der Waals surface area (Å²) in [4.78, 5) is 15.1. The van der Waals surface area contributed by atoms with Crippen LogP contribution in [0.4, 0.5) is 0 Å². The number of nitrogens with zero attached hydrogens (tertiary/aromatic N) is 2. The molecule has 1 unspecified atom stereocenters. The Morgan fingerprint density at radius 2 is 2.05 bits per heavy atom. The van der Waals surface area contributed by atoms with E-state index in [1.54, 1.807) is 12.1 Å². The number of aromatic nitrogens is 2. The van der Waals surface area contributed by atoms with Gasteiger partial charge >= 0.3 is 5.97 Å². The standard InChI is InChI=1S/C14H16N2O4/c1-3-11(19-4-2)12-15-13(20-16-12)9-5-7-10(8-6-9)14(17)18/h5-8,11H,3-4H2,1-2H3,(H,17,18). The lowest BCUT2D eigenvalue weighted by molar-refractivity contribution is 0.0518. The van der Waals surface area contributed by atoms with E-state index < -0.39 is 5.97 Å². The minimum Gasteiger partial charge on any atom is -0.478 e. The normalized spacial score (nSPS) is 12.3. The van der Waals surface area contributed by atoms with E-state index in [-0.39, 0.29) is 11.7 Å². The molecule has 0 bridgehead atoms. The monoisotopic (exact) mass is 276 g/mol. The van der Waals surface area contributed by atoms with Crippen molar-refractivity contribution in [2.45, 2.75) is 26.4 Å². The van der Waals surface area contributed by atoms with Crippen LogP contribution in [0.3, 0.4) is 0 Å². The van der Waals surface area contributed by atoms with Crippen LogP contribution in [-0.4, -0.2) is 27.8 Å². The molecule has 1 N–H and O–H groups in total. The van der Waals surface area contributed by atoms with Crippen LogP contribution in [0.1, 0.15) is 42.6 Å². The zero-order chi connectivity index (χ0) is 14.5. The summed E-state index contributed by atoms with van der Waals surface area (Å²) in [7, 11) is 0. The van der Waals surface area contributed by atoms with Gasteiger partial charge in [-0.3, -0.25) is 0 Å². The second kappa shape index (κ2) is 6.29. The summed E-state index contributed by atoms with van der Waals surface area (Å²) >= 11 is 0. The second-order valence-electron chi connectivity index (χ2n) is 4.19. The highest BCUT2D eigenvalue weighted by Gasteiger charge is 2.17. The summed E-state index contributed by atoms with van der Waals surface area (Å²) in [5, 5.41) is 12.8. The lowest BCUT2D eigenvalue weighted by atomic mass is 10.1. The van der Waals surface area contributed by atoms with Crippen LogP contribution in [0.5, 0.6) is 0 Å². The summed E-state index contributed by atoms with van der Waals surface area (Å²) < 4.78 is 10.7. The van der Waals surface area contributed by atoms with Gasteiger partial charge in [0, 0.05) is 12.2 Å². The molecule has 6 heteroatoms. The van der Waals surface area contributed by atoms with Crippen LogP contribution in [0.15, 0.2) is 28.8 Å². The van der Waals surface area contributed by atoms with E-state index in [0.29, 0.717) is 23.9 Å². The van der Waals surface area contributed by atoms with Crippen LogP contribution in [0, 0.1) is 0 Å². The number of carboxylic acids is 1. The van der Waals surface area contributed by atoms with E-state index in [9.17, 15) is 4.79 Å². The summed E-state index contributed by atoms with van der Waals surface area (Å²) in [6, 6.07) is 6.29. The molecule has 1 aromatic heterocycles. The first-order valence-electron chi connectivity index (χ1n) is 6.44. The van der Waals surface area contributed by atoms with E-state index in [4.69, 9.17) is 14.4 Å². The lowest BCUT2D eigenvalue weighted by Gasteiger charge is -2.09. The molecule has 106 valence electrons. The molecule has 0 saturated carbocycles. The quantitative estimate of drug-likeness (QED) is 0.873. The Morgan fingerprint density at radius 1 is 1.35 bits per heavy atom. The number of benzene rings is 1. The topological polar surface area (TPSA) is 85.5 Å². The van der Waals surface area contributed by atoms with Crippen LogP contribution < -0.4 is 0 Å². The molecular formula is C14H16N2O4. The van der Waals surface area contributed by atoms with Crippen molar-refractivity contribution < 1.29 is 19.2 Å². The molecule has 0 saturated heterocycles. The number of carbonyl (C=O) groups is 1. The van der Waals surface area contributed by atoms with Gasteiger partial charge in [0.25, 0.3) is 5.89 Å². The zero-order valence-electron chi connectivity index (χ0n) is 11.4. The summed E-state index contributed by atoms with van der Waals surface area (Å²) in [5.41, 5.74) is 0.898. The van der Waals surface area contributed by atoms with E-state index in [2.05, 4.69) is 10.1 Å². The van der Waals surface area contributed by atoms with Gasteiger partial charge < -0.3 is 14.4 Å². The van der Waals surface area contributed by atoms with Gasteiger partial charge in [0.05, 0.1) is 5.56 Å². The fraction of sp³-hybridized carbons (Fsp3) is 0.357. The van der Waals surface area contributed by atoms with E-state index in [1.807, 2.05) is 13.8 Å². The molecule has 0 aliphatic heterocycles. The second-order valence-corrected chi connectivity index (χ2v) is 4.19. The highest BCUT2D eigenvalue weighted by atomic mass is 16.5. The highest BCUT2D eigenvalue weighted by molar-refractivity contribution is 5.88. The highest BCUT2D eigenvalue weighted by Crippen LogP contribution is 2.23. The van der Waals surface area contributed by atoms with Crippen molar-refractivity contribution >= 4 is 5.97 Å². The Kier molecular flexibility index (Phi) is 4.47. The molecule has 0 fully saturated rings. The third-order valence-corrected chi connectivity index (χ3v) is 2.85. The molecule has 6 nitrogen and oxygen atoms in total. The number of aromatic carboxylic acids is 1. The maximum atomic E-state index is 10.8. The predicted octanol–water partition coefficient (Wildman–Crippen LogP) is 2.92. The van der Waals surface area contributed by atoms with E-state index in [0.717, 1.165) is 6.42 Å². The number of rotatable bonds is 6. The molecule has 1 heterocycles. The Labute approximate surface area is 116 Å². The van der Waals surface area contributed by atoms with E-state index >= 15 is 0 Å². The van der Waals surface area contributed by atoms with Gasteiger partial charge in [0.1, 0.15) is 6.10 Å². The Hall–Kier alpha value is -2.21. The van der Waals surface area contributed by atoms with Crippen LogP contribution in [-0.2, 0) is 4.74 Å². The maximum Gasteiger partial charge on any atom is 0.335 e. The number of carboxylic acid groups (broad SMARTS) is 1. The SMILES string of the molecule is CCOC(CC)c1noc(-c2ccc(C(=O)O)cc2)n1. The molecule has 0 radical (unpaired) electrons. The first-order chi connectivity index (χ1) is 9.65. The number of hydrogen-bond acceptors (Lipinski definition) is 5. The maximum absolute atomic E-state index is 10.8. The molecule has 0 aliphatic rings. The van der Waals surface area contributed by atoms with Crippen molar-refractivity contribution in [1.82, 2.24) is 10.1 Å². The molecule has 20 heavy (non-hydrogen) atoms. The minimum absolute atomic E-state index is 0.184. The van der Waals surface area contributed by atoms with Crippen molar-refractivity contribution in [3.63, 3.8) is 0 Å². The molecule has 1 atom stereocenters. The number of ether oxygens (including phenoxy) is 1. The first kappa shape index (κ1) is 14.2. The lowest BCUT2D eigenvalue weighted by Crippen LogP contribution is -2.04. The van der Waals surface area contributed by atoms with Gasteiger partial charge in [-0.2, -0.15) is 4.98 Å². The van der Waals surface area contributed by atoms with Crippen molar-refractivity contribution in [3.8, 4) is 11.5 Å². The average molecular weight is 276 g/mol. The predicted molar refractivity (Wildman–Crippen MR) is 71.4 cm³/mol. The van der Waals surface area contributed by atoms with Crippen molar-refractivity contribution in [2.75, 3.05) is 6.61 Å². The fourth-order valence-electron chi connectivity index (χ4n) is 1.81. The molecule has 2 aromatic rings. The van der Waals surface area contributed by atoms with Crippen molar-refractivity contribution in [2.24, 2.45) is 0 Å². The molecule has 0 amide bonds. The van der Waals surface area contributed by atoms with Crippen LogP contribution in [0.2, 0.25) is 0 Å². The Balaban J connectivity index is 2.21. The number of hydrogen-bond donors (Lipinski definition) is 1. The fourth-order valence-corrected chi connectivity index (χ4v) is 1.81. The minimum atomic E-state index is -0.967. The third kappa shape index (κ3) is 3.03. The summed E-state index contributed by atoms with van der Waals surface area (Å²) in [6.07, 6.45) is 0.570. The smallest absolute Gasteiger partial charge is 0.335 e. The Bertz CT molecular complexity index is 577. The molecule has 1 aromatic carbocycles. The average Bonchev–Trinajstić information content (AvgIpc) is 2.94. The largest absolute Gasteiger partial charge is 0.478 e. The zero-order valence-corrected chi connectivity index (χ0v) is 11.4. The van der Waals surface area contributed by atoms with Crippen molar-refractivity contribution in [1.29, 1.82) is 0 Å². The van der Waals surface area contributed by atoms with Crippen LogP contribution >= 0.6 is 0 Å².